The molecule has 1 unspecified atom stereocenters. The number of para-hydroxylation sites is 1. The van der Waals surface area contributed by atoms with E-state index in [1.54, 1.807) is 28.9 Å². The molecule has 0 spiro atoms. The van der Waals surface area contributed by atoms with Crippen LogP contribution in [0.2, 0.25) is 0 Å². The summed E-state index contributed by atoms with van der Waals surface area (Å²) in [6.07, 6.45) is 0. The molecule has 1 atom stereocenters. The van der Waals surface area contributed by atoms with Crippen molar-refractivity contribution in [1.82, 2.24) is 14.8 Å². The number of thioether (sulfide) groups is 1. The summed E-state index contributed by atoms with van der Waals surface area (Å²) < 4.78 is 18.4. The van der Waals surface area contributed by atoms with Crippen molar-refractivity contribution in [2.75, 3.05) is 32.0 Å². The lowest BCUT2D eigenvalue weighted by atomic mass is 9.94. The van der Waals surface area contributed by atoms with Gasteiger partial charge in [-0.25, -0.2) is 4.68 Å². The maximum absolute atomic E-state index is 13.9. The third-order valence-corrected chi connectivity index (χ3v) is 7.90. The molecule has 1 aliphatic rings. The quantitative estimate of drug-likeness (QED) is 0.131. The van der Waals surface area contributed by atoms with E-state index >= 15 is 0 Å². The van der Waals surface area contributed by atoms with Crippen LogP contribution in [0.3, 0.4) is 0 Å². The highest BCUT2D eigenvalue weighted by Crippen LogP contribution is 2.44. The Balaban J connectivity index is 1.55. The molecule has 3 aromatic carbocycles. The second-order valence-electron chi connectivity index (χ2n) is 9.67. The first kappa shape index (κ1) is 29.5. The minimum absolute atomic E-state index is 0.0276. The number of fused-ring (bicyclic) bond motifs is 1. The number of non-ortho nitro benzene ring substituents is 1. The van der Waals surface area contributed by atoms with Gasteiger partial charge in [0.05, 0.1) is 31.8 Å². The Hall–Kier alpha value is -5.04. The highest BCUT2D eigenvalue weighted by molar-refractivity contribution is 7.98. The molecule has 1 aromatic heterocycles. The number of nitro benzene ring substituents is 1. The summed E-state index contributed by atoms with van der Waals surface area (Å²) in [5, 5.41) is 22.5. The van der Waals surface area contributed by atoms with E-state index in [9.17, 15) is 14.9 Å². The smallest absolute Gasteiger partial charge is 0.269 e. The summed E-state index contributed by atoms with van der Waals surface area (Å²) in [6.45, 7) is 3.75. The first-order chi connectivity index (χ1) is 20.7. The number of aromatic nitrogens is 3. The number of carbonyl (C=O) groups is 1. The average Bonchev–Trinajstić information content (AvgIpc) is 3.42. The number of amides is 1. The molecule has 0 bridgehead atoms. The number of nitro groups is 1. The van der Waals surface area contributed by atoms with E-state index in [2.05, 4.69) is 10.6 Å². The molecule has 2 N–H and O–H groups in total. The van der Waals surface area contributed by atoms with E-state index in [1.165, 1.54) is 45.2 Å². The van der Waals surface area contributed by atoms with Crippen molar-refractivity contribution < 1.29 is 23.9 Å². The predicted octanol–water partition coefficient (Wildman–Crippen LogP) is 5.74. The van der Waals surface area contributed by atoms with E-state index in [-0.39, 0.29) is 11.6 Å². The Morgan fingerprint density at radius 3 is 2.33 bits per heavy atom. The van der Waals surface area contributed by atoms with Crippen molar-refractivity contribution in [2.24, 2.45) is 0 Å². The minimum atomic E-state index is -0.699. The molecule has 0 aliphatic carbocycles. The standard InChI is InChI=1S/C30H30N6O6S/c1-17-8-6-7-9-22(17)32-28(37)25-18(2)31-29-33-30(43-16-19-10-12-21(13-11-19)36(38)39)34-35(29)26(25)20-14-23(40-3)27(42-5)24(15-20)41-4/h6-15,26H,16H2,1-5H3,(H,32,37)(H,31,33,34). The number of methoxy groups -OCH3 is 3. The molecule has 222 valence electrons. The predicted molar refractivity (Wildman–Crippen MR) is 163 cm³/mol. The lowest BCUT2D eigenvalue weighted by Crippen LogP contribution is -2.31. The van der Waals surface area contributed by atoms with Crippen molar-refractivity contribution in [3.63, 3.8) is 0 Å². The molecule has 5 rings (SSSR count). The average molecular weight is 603 g/mol. The van der Waals surface area contributed by atoms with Crippen LogP contribution in [0.25, 0.3) is 0 Å². The zero-order valence-electron chi connectivity index (χ0n) is 24.2. The largest absolute Gasteiger partial charge is 0.493 e. The summed E-state index contributed by atoms with van der Waals surface area (Å²) in [4.78, 5) is 29.2. The minimum Gasteiger partial charge on any atom is -0.493 e. The molecule has 13 heteroatoms. The molecule has 0 radical (unpaired) electrons. The van der Waals surface area contributed by atoms with Crippen LogP contribution in [0.15, 0.2) is 77.1 Å². The van der Waals surface area contributed by atoms with Gasteiger partial charge in [-0.15, -0.1) is 5.10 Å². The normalized spacial score (nSPS) is 14.0. The molecule has 0 fully saturated rings. The Morgan fingerprint density at radius 2 is 1.72 bits per heavy atom. The monoisotopic (exact) mass is 602 g/mol. The number of aryl methyl sites for hydroxylation is 1. The maximum Gasteiger partial charge on any atom is 0.269 e. The number of allylic oxidation sites excluding steroid dienone is 1. The number of benzene rings is 3. The number of nitrogens with zero attached hydrogens (tertiary/aromatic N) is 4. The number of carbonyl (C=O) groups excluding carboxylic acids is 1. The summed E-state index contributed by atoms with van der Waals surface area (Å²) in [6, 6.07) is 16.8. The first-order valence-corrected chi connectivity index (χ1v) is 14.2. The highest BCUT2D eigenvalue weighted by Gasteiger charge is 2.36. The molecule has 0 saturated carbocycles. The second-order valence-corrected chi connectivity index (χ2v) is 10.6. The van der Waals surface area contributed by atoms with Crippen LogP contribution in [0.1, 0.15) is 29.7 Å². The van der Waals surface area contributed by atoms with Gasteiger partial charge >= 0.3 is 0 Å². The SMILES string of the molecule is COc1cc(C2C(C(=O)Nc3ccccc3C)=C(C)Nc3nc(SCc4ccc([N+](=O)[O-])cc4)nn32)cc(OC)c1OC. The van der Waals surface area contributed by atoms with Crippen LogP contribution in [0, 0.1) is 17.0 Å². The van der Waals surface area contributed by atoms with Gasteiger partial charge in [-0.1, -0.05) is 42.1 Å². The molecule has 0 saturated heterocycles. The van der Waals surface area contributed by atoms with Gasteiger partial charge in [0.15, 0.2) is 11.5 Å². The van der Waals surface area contributed by atoms with Gasteiger partial charge in [0.25, 0.3) is 11.6 Å². The molecular formula is C30H30N6O6S. The molecule has 2 heterocycles. The fraction of sp³-hybridized carbons (Fsp3) is 0.233. The first-order valence-electron chi connectivity index (χ1n) is 13.2. The van der Waals surface area contributed by atoms with E-state index in [4.69, 9.17) is 24.3 Å². The molecular weight excluding hydrogens is 572 g/mol. The van der Waals surface area contributed by atoms with E-state index in [1.807, 2.05) is 38.1 Å². The third-order valence-electron chi connectivity index (χ3n) is 6.99. The van der Waals surface area contributed by atoms with Gasteiger partial charge in [0.2, 0.25) is 16.9 Å². The summed E-state index contributed by atoms with van der Waals surface area (Å²) in [7, 11) is 4.59. The molecule has 1 aliphatic heterocycles. The van der Waals surface area contributed by atoms with Crippen LogP contribution in [0.5, 0.6) is 17.2 Å². The summed E-state index contributed by atoms with van der Waals surface area (Å²) in [5.74, 6) is 1.92. The Labute approximate surface area is 252 Å². The number of hydrogen-bond donors (Lipinski definition) is 2. The number of anilines is 2. The van der Waals surface area contributed by atoms with E-state index in [0.29, 0.717) is 56.6 Å². The fourth-order valence-electron chi connectivity index (χ4n) is 4.82. The van der Waals surface area contributed by atoms with Crippen LogP contribution in [0.4, 0.5) is 17.3 Å². The van der Waals surface area contributed by atoms with Crippen molar-refractivity contribution in [3.8, 4) is 17.2 Å². The molecule has 43 heavy (non-hydrogen) atoms. The second kappa shape index (κ2) is 12.4. The van der Waals surface area contributed by atoms with Crippen LogP contribution < -0.4 is 24.8 Å². The van der Waals surface area contributed by atoms with Crippen LogP contribution in [-0.2, 0) is 10.5 Å². The Morgan fingerprint density at radius 1 is 1.05 bits per heavy atom. The molecule has 4 aromatic rings. The van der Waals surface area contributed by atoms with Gasteiger partial charge in [-0.05, 0) is 48.7 Å². The van der Waals surface area contributed by atoms with E-state index in [0.717, 1.165) is 11.1 Å². The lowest BCUT2D eigenvalue weighted by Gasteiger charge is -2.29. The summed E-state index contributed by atoms with van der Waals surface area (Å²) >= 11 is 1.37. The number of ether oxygens (including phenoxy) is 3. The zero-order chi connectivity index (χ0) is 30.7. The topological polar surface area (TPSA) is 143 Å². The van der Waals surface area contributed by atoms with Crippen LogP contribution >= 0.6 is 11.8 Å². The van der Waals surface area contributed by atoms with Gasteiger partial charge in [-0.3, -0.25) is 14.9 Å². The third kappa shape index (κ3) is 5.97. The van der Waals surface area contributed by atoms with Gasteiger partial charge in [0.1, 0.15) is 6.04 Å². The van der Waals surface area contributed by atoms with Crippen molar-refractivity contribution in [3.05, 3.63) is 98.7 Å². The Kier molecular flexibility index (Phi) is 8.53. The number of rotatable bonds is 10. The maximum atomic E-state index is 13.9. The van der Waals surface area contributed by atoms with Crippen molar-refractivity contribution in [1.29, 1.82) is 0 Å². The summed E-state index contributed by atoms with van der Waals surface area (Å²) in [5.41, 5.74) is 4.24. The Bertz CT molecular complexity index is 1690. The lowest BCUT2D eigenvalue weighted by molar-refractivity contribution is -0.384. The number of nitrogens with one attached hydrogen (secondary N) is 2. The van der Waals surface area contributed by atoms with Crippen LogP contribution in [-0.4, -0.2) is 46.9 Å². The van der Waals surface area contributed by atoms with Crippen molar-refractivity contribution >= 4 is 35.0 Å². The zero-order valence-corrected chi connectivity index (χ0v) is 25.0. The van der Waals surface area contributed by atoms with Gasteiger partial charge in [0, 0.05) is 29.3 Å². The fourth-order valence-corrected chi connectivity index (χ4v) is 5.60. The van der Waals surface area contributed by atoms with Gasteiger partial charge < -0.3 is 24.8 Å². The van der Waals surface area contributed by atoms with Gasteiger partial charge in [-0.2, -0.15) is 4.98 Å². The number of hydrogen-bond acceptors (Lipinski definition) is 10. The molecule has 1 amide bonds. The molecule has 12 nitrogen and oxygen atoms in total. The van der Waals surface area contributed by atoms with Crippen molar-refractivity contribution in [2.45, 2.75) is 30.8 Å². The van der Waals surface area contributed by atoms with E-state index < -0.39 is 11.0 Å². The highest BCUT2D eigenvalue weighted by atomic mass is 32.2.